The van der Waals surface area contributed by atoms with Gasteiger partial charge in [0.2, 0.25) is 0 Å². The summed E-state index contributed by atoms with van der Waals surface area (Å²) in [4.78, 5) is 4.19. The summed E-state index contributed by atoms with van der Waals surface area (Å²) in [6.45, 7) is 4.96. The van der Waals surface area contributed by atoms with Crippen LogP contribution in [0.5, 0.6) is 0 Å². The molecule has 1 aromatic rings. The molecule has 2 heterocycles. The highest BCUT2D eigenvalue weighted by atomic mass is 32.2. The SMILES string of the molecule is CC1CCCN1CC1CSc2ccccc21. The Morgan fingerprint density at radius 2 is 2.25 bits per heavy atom. The lowest BCUT2D eigenvalue weighted by atomic mass is 10.0. The van der Waals surface area contributed by atoms with E-state index in [9.17, 15) is 0 Å². The maximum absolute atomic E-state index is 2.67. The minimum Gasteiger partial charge on any atom is -0.300 e. The lowest BCUT2D eigenvalue weighted by molar-refractivity contribution is 0.257. The molecule has 2 heteroatoms. The first-order chi connectivity index (χ1) is 7.84. The van der Waals surface area contributed by atoms with Crippen LogP contribution in [0.3, 0.4) is 0 Å². The van der Waals surface area contributed by atoms with Gasteiger partial charge in [0.25, 0.3) is 0 Å². The van der Waals surface area contributed by atoms with Crippen molar-refractivity contribution in [2.75, 3.05) is 18.8 Å². The molecule has 2 atom stereocenters. The highest BCUT2D eigenvalue weighted by molar-refractivity contribution is 7.99. The summed E-state index contributed by atoms with van der Waals surface area (Å²) in [6, 6.07) is 9.74. The van der Waals surface area contributed by atoms with Crippen molar-refractivity contribution in [1.29, 1.82) is 0 Å². The molecule has 0 amide bonds. The van der Waals surface area contributed by atoms with Gasteiger partial charge >= 0.3 is 0 Å². The second-order valence-electron chi connectivity index (χ2n) is 5.03. The Kier molecular flexibility index (Phi) is 2.95. The zero-order chi connectivity index (χ0) is 11.0. The molecule has 1 fully saturated rings. The number of hydrogen-bond acceptors (Lipinski definition) is 2. The Morgan fingerprint density at radius 3 is 3.06 bits per heavy atom. The van der Waals surface area contributed by atoms with E-state index >= 15 is 0 Å². The van der Waals surface area contributed by atoms with Crippen molar-refractivity contribution < 1.29 is 0 Å². The Labute approximate surface area is 102 Å². The summed E-state index contributed by atoms with van der Waals surface area (Å²) in [5.41, 5.74) is 1.59. The Bertz CT molecular complexity index is 377. The van der Waals surface area contributed by atoms with Crippen molar-refractivity contribution in [1.82, 2.24) is 4.90 Å². The summed E-state index contributed by atoms with van der Waals surface area (Å²) in [6.07, 6.45) is 2.78. The monoisotopic (exact) mass is 233 g/mol. The first-order valence-corrected chi connectivity index (χ1v) is 7.29. The summed E-state index contributed by atoms with van der Waals surface area (Å²) in [5, 5.41) is 0. The number of thioether (sulfide) groups is 1. The maximum atomic E-state index is 2.67. The molecule has 0 aromatic heterocycles. The van der Waals surface area contributed by atoms with Gasteiger partial charge in [-0.2, -0.15) is 0 Å². The highest BCUT2D eigenvalue weighted by Crippen LogP contribution is 2.40. The number of benzene rings is 1. The van der Waals surface area contributed by atoms with Gasteiger partial charge in [0.05, 0.1) is 0 Å². The lowest BCUT2D eigenvalue weighted by Gasteiger charge is -2.24. The molecule has 0 bridgehead atoms. The van der Waals surface area contributed by atoms with E-state index in [2.05, 4.69) is 36.1 Å². The maximum Gasteiger partial charge on any atom is 0.0108 e. The molecule has 86 valence electrons. The number of fused-ring (bicyclic) bond motifs is 1. The molecule has 1 aromatic carbocycles. The normalized spacial score (nSPS) is 29.6. The Balaban J connectivity index is 1.73. The summed E-state index contributed by atoms with van der Waals surface area (Å²) in [5.74, 6) is 2.05. The first-order valence-electron chi connectivity index (χ1n) is 6.30. The molecular formula is C14H19NS. The third kappa shape index (κ3) is 1.89. The molecule has 0 aliphatic carbocycles. The molecule has 0 spiro atoms. The molecule has 0 radical (unpaired) electrons. The van der Waals surface area contributed by atoms with Gasteiger partial charge in [-0.15, -0.1) is 11.8 Å². The topological polar surface area (TPSA) is 3.24 Å². The molecule has 2 unspecified atom stereocenters. The first kappa shape index (κ1) is 10.7. The number of nitrogens with zero attached hydrogens (tertiary/aromatic N) is 1. The number of likely N-dealkylation sites (tertiary alicyclic amines) is 1. The second-order valence-corrected chi connectivity index (χ2v) is 6.09. The van der Waals surface area contributed by atoms with E-state index in [0.717, 1.165) is 12.0 Å². The lowest BCUT2D eigenvalue weighted by Crippen LogP contribution is -2.31. The number of rotatable bonds is 2. The molecule has 2 aliphatic heterocycles. The third-order valence-electron chi connectivity index (χ3n) is 3.94. The quantitative estimate of drug-likeness (QED) is 0.770. The summed E-state index contributed by atoms with van der Waals surface area (Å²) < 4.78 is 0. The molecule has 2 aliphatic rings. The zero-order valence-corrected chi connectivity index (χ0v) is 10.7. The van der Waals surface area contributed by atoms with E-state index in [0.29, 0.717) is 0 Å². The van der Waals surface area contributed by atoms with E-state index < -0.39 is 0 Å². The van der Waals surface area contributed by atoms with Crippen LogP contribution in [0.25, 0.3) is 0 Å². The van der Waals surface area contributed by atoms with Crippen LogP contribution in [-0.4, -0.2) is 29.8 Å². The zero-order valence-electron chi connectivity index (χ0n) is 9.86. The van der Waals surface area contributed by atoms with Gasteiger partial charge in [-0.1, -0.05) is 18.2 Å². The minimum atomic E-state index is 0.766. The van der Waals surface area contributed by atoms with E-state index in [4.69, 9.17) is 0 Å². The van der Waals surface area contributed by atoms with Crippen molar-refractivity contribution in [3.8, 4) is 0 Å². The van der Waals surface area contributed by atoms with Crippen molar-refractivity contribution in [3.05, 3.63) is 29.8 Å². The van der Waals surface area contributed by atoms with Crippen molar-refractivity contribution >= 4 is 11.8 Å². The summed E-state index contributed by atoms with van der Waals surface area (Å²) >= 11 is 2.03. The molecule has 1 saturated heterocycles. The van der Waals surface area contributed by atoms with Crippen LogP contribution in [0.1, 0.15) is 31.2 Å². The molecule has 16 heavy (non-hydrogen) atoms. The molecule has 3 rings (SSSR count). The van der Waals surface area contributed by atoms with Crippen molar-refractivity contribution in [2.45, 2.75) is 36.6 Å². The average Bonchev–Trinajstić information content (AvgIpc) is 2.88. The van der Waals surface area contributed by atoms with E-state index in [1.54, 1.807) is 5.56 Å². The molecule has 0 saturated carbocycles. The van der Waals surface area contributed by atoms with E-state index in [1.807, 2.05) is 11.8 Å². The minimum absolute atomic E-state index is 0.766. The average molecular weight is 233 g/mol. The van der Waals surface area contributed by atoms with Crippen LogP contribution in [0.4, 0.5) is 0 Å². The Morgan fingerprint density at radius 1 is 1.38 bits per heavy atom. The largest absolute Gasteiger partial charge is 0.300 e. The predicted octanol–water partition coefficient (Wildman–Crippen LogP) is 3.36. The van der Waals surface area contributed by atoms with E-state index in [1.165, 1.54) is 36.6 Å². The molecular weight excluding hydrogens is 214 g/mol. The summed E-state index contributed by atoms with van der Waals surface area (Å²) in [7, 11) is 0. The molecule has 0 N–H and O–H groups in total. The number of hydrogen-bond donors (Lipinski definition) is 0. The van der Waals surface area contributed by atoms with E-state index in [-0.39, 0.29) is 0 Å². The van der Waals surface area contributed by atoms with Crippen LogP contribution in [0.2, 0.25) is 0 Å². The van der Waals surface area contributed by atoms with Gasteiger partial charge < -0.3 is 4.90 Å². The van der Waals surface area contributed by atoms with Crippen molar-refractivity contribution in [2.24, 2.45) is 0 Å². The highest BCUT2D eigenvalue weighted by Gasteiger charge is 2.28. The van der Waals surface area contributed by atoms with Crippen LogP contribution in [0.15, 0.2) is 29.2 Å². The smallest absolute Gasteiger partial charge is 0.0108 e. The van der Waals surface area contributed by atoms with Crippen LogP contribution >= 0.6 is 11.8 Å². The predicted molar refractivity (Wildman–Crippen MR) is 70.2 cm³/mol. The second kappa shape index (κ2) is 4.42. The van der Waals surface area contributed by atoms with Gasteiger partial charge in [0, 0.05) is 29.2 Å². The standard InChI is InChI=1S/C14H19NS/c1-11-5-4-8-15(11)9-12-10-16-14-7-3-2-6-13(12)14/h2-3,6-7,11-12H,4-5,8-10H2,1H3. The van der Waals surface area contributed by atoms with Crippen LogP contribution in [-0.2, 0) is 0 Å². The fourth-order valence-electron chi connectivity index (χ4n) is 2.93. The van der Waals surface area contributed by atoms with Gasteiger partial charge in [-0.25, -0.2) is 0 Å². The van der Waals surface area contributed by atoms with Gasteiger partial charge in [0.1, 0.15) is 0 Å². The van der Waals surface area contributed by atoms with Gasteiger partial charge in [-0.05, 0) is 37.9 Å². The fraction of sp³-hybridized carbons (Fsp3) is 0.571. The van der Waals surface area contributed by atoms with Gasteiger partial charge in [-0.3, -0.25) is 0 Å². The molecule has 1 nitrogen and oxygen atoms in total. The van der Waals surface area contributed by atoms with Crippen LogP contribution < -0.4 is 0 Å². The van der Waals surface area contributed by atoms with Crippen LogP contribution in [0, 0.1) is 0 Å². The fourth-order valence-corrected chi connectivity index (χ4v) is 4.17. The van der Waals surface area contributed by atoms with Crippen molar-refractivity contribution in [3.63, 3.8) is 0 Å². The van der Waals surface area contributed by atoms with Gasteiger partial charge in [0.15, 0.2) is 0 Å². The third-order valence-corrected chi connectivity index (χ3v) is 5.20. The Hall–Kier alpha value is -0.470.